The molecule has 7 heteroatoms. The molecule has 0 unspecified atom stereocenters. The molecule has 0 aliphatic rings. The molecule has 19 heavy (non-hydrogen) atoms. The molecule has 3 rings (SSSR count). The van der Waals surface area contributed by atoms with Crippen LogP contribution in [-0.4, -0.2) is 20.1 Å². The summed E-state index contributed by atoms with van der Waals surface area (Å²) in [5.74, 6) is -0.828. The summed E-state index contributed by atoms with van der Waals surface area (Å²) in [4.78, 5) is 21.3. The summed E-state index contributed by atoms with van der Waals surface area (Å²) in [5, 5.41) is 3.48. The van der Waals surface area contributed by atoms with Crippen molar-refractivity contribution in [2.45, 2.75) is 0 Å². The average molecular weight is 258 g/mol. The van der Waals surface area contributed by atoms with Gasteiger partial charge in [-0.15, -0.1) is 0 Å². The number of aromatic amines is 1. The number of hydrogen-bond donors (Lipinski definition) is 1. The Morgan fingerprint density at radius 1 is 1.21 bits per heavy atom. The standard InChI is InChI=1S/C12H7FN4O2/c13-8-4-2-1-3-7(8)9-5-6-14-10(15-9)11-16-12(18)19-17-11/h1-6H,(H,16,17,18). The Kier molecular flexibility index (Phi) is 2.64. The summed E-state index contributed by atoms with van der Waals surface area (Å²) < 4.78 is 18.0. The fourth-order valence-electron chi connectivity index (χ4n) is 1.62. The van der Waals surface area contributed by atoms with Gasteiger partial charge in [-0.05, 0) is 18.2 Å². The maximum absolute atomic E-state index is 13.7. The maximum Gasteiger partial charge on any atom is 0.439 e. The molecule has 0 saturated heterocycles. The first-order chi connectivity index (χ1) is 9.24. The van der Waals surface area contributed by atoms with Gasteiger partial charge >= 0.3 is 5.76 Å². The molecule has 6 nitrogen and oxygen atoms in total. The van der Waals surface area contributed by atoms with Gasteiger partial charge < -0.3 is 0 Å². The lowest BCUT2D eigenvalue weighted by Gasteiger charge is -2.02. The van der Waals surface area contributed by atoms with Crippen molar-refractivity contribution in [1.29, 1.82) is 0 Å². The molecule has 2 heterocycles. The molecule has 0 bridgehead atoms. The zero-order valence-corrected chi connectivity index (χ0v) is 9.50. The van der Waals surface area contributed by atoms with Crippen LogP contribution in [0.2, 0.25) is 0 Å². The van der Waals surface area contributed by atoms with Crippen LogP contribution in [0.25, 0.3) is 22.9 Å². The van der Waals surface area contributed by atoms with Gasteiger partial charge in [0.25, 0.3) is 0 Å². The van der Waals surface area contributed by atoms with Crippen LogP contribution >= 0.6 is 0 Å². The number of halogens is 1. The van der Waals surface area contributed by atoms with Gasteiger partial charge in [0.05, 0.1) is 5.69 Å². The van der Waals surface area contributed by atoms with Gasteiger partial charge in [0.2, 0.25) is 5.82 Å². The van der Waals surface area contributed by atoms with E-state index in [1.165, 1.54) is 12.3 Å². The monoisotopic (exact) mass is 258 g/mol. The number of hydrogen-bond acceptors (Lipinski definition) is 5. The molecule has 0 saturated carbocycles. The van der Waals surface area contributed by atoms with Crippen LogP contribution in [0.5, 0.6) is 0 Å². The molecule has 0 atom stereocenters. The lowest BCUT2D eigenvalue weighted by molar-refractivity contribution is 0.387. The SMILES string of the molecule is O=c1[nH]c(-c2nccc(-c3ccccc3F)n2)no1. The van der Waals surface area contributed by atoms with E-state index in [0.717, 1.165) is 0 Å². The quantitative estimate of drug-likeness (QED) is 0.755. The molecule has 0 fully saturated rings. The van der Waals surface area contributed by atoms with Crippen LogP contribution in [0, 0.1) is 5.82 Å². The van der Waals surface area contributed by atoms with Crippen molar-refractivity contribution in [3.8, 4) is 22.9 Å². The molecule has 1 aromatic carbocycles. The van der Waals surface area contributed by atoms with Crippen molar-refractivity contribution in [3.05, 3.63) is 52.9 Å². The molecule has 0 amide bonds. The van der Waals surface area contributed by atoms with E-state index in [9.17, 15) is 9.18 Å². The van der Waals surface area contributed by atoms with Crippen LogP contribution in [0.4, 0.5) is 4.39 Å². The maximum atomic E-state index is 13.7. The predicted molar refractivity (Wildman–Crippen MR) is 63.5 cm³/mol. The van der Waals surface area contributed by atoms with Crippen LogP contribution in [0.3, 0.4) is 0 Å². The number of rotatable bonds is 2. The van der Waals surface area contributed by atoms with E-state index in [1.807, 2.05) is 0 Å². The van der Waals surface area contributed by atoms with E-state index in [0.29, 0.717) is 11.3 Å². The molecule has 0 spiro atoms. The summed E-state index contributed by atoms with van der Waals surface area (Å²) in [6.45, 7) is 0. The summed E-state index contributed by atoms with van der Waals surface area (Å²) in [6, 6.07) is 7.82. The average Bonchev–Trinajstić information content (AvgIpc) is 2.86. The van der Waals surface area contributed by atoms with Crippen LogP contribution in [-0.2, 0) is 0 Å². The van der Waals surface area contributed by atoms with Gasteiger partial charge in [-0.25, -0.2) is 19.2 Å². The third-order valence-electron chi connectivity index (χ3n) is 2.46. The number of nitrogens with one attached hydrogen (secondary N) is 1. The summed E-state index contributed by atoms with van der Waals surface area (Å²) in [6.07, 6.45) is 1.46. The zero-order valence-electron chi connectivity index (χ0n) is 9.50. The fourth-order valence-corrected chi connectivity index (χ4v) is 1.62. The molecule has 0 radical (unpaired) electrons. The van der Waals surface area contributed by atoms with Crippen molar-refractivity contribution in [3.63, 3.8) is 0 Å². The highest BCUT2D eigenvalue weighted by molar-refractivity contribution is 5.61. The molecule has 0 aliphatic carbocycles. The number of aromatic nitrogens is 4. The predicted octanol–water partition coefficient (Wildman–Crippen LogP) is 1.63. The second kappa shape index (κ2) is 4.45. The molecule has 2 aromatic heterocycles. The Morgan fingerprint density at radius 3 is 2.79 bits per heavy atom. The van der Waals surface area contributed by atoms with Gasteiger partial charge in [-0.2, -0.15) is 0 Å². The normalized spacial score (nSPS) is 10.6. The first-order valence-electron chi connectivity index (χ1n) is 5.38. The molecular formula is C12H7FN4O2. The van der Waals surface area contributed by atoms with E-state index in [2.05, 4.69) is 24.6 Å². The Balaban J connectivity index is 2.10. The van der Waals surface area contributed by atoms with Crippen LogP contribution < -0.4 is 5.76 Å². The Bertz CT molecular complexity index is 781. The molecule has 94 valence electrons. The highest BCUT2D eigenvalue weighted by Gasteiger charge is 2.11. The van der Waals surface area contributed by atoms with Crippen molar-refractivity contribution < 1.29 is 8.91 Å². The Morgan fingerprint density at radius 2 is 2.05 bits per heavy atom. The minimum atomic E-state index is -0.699. The smallest absolute Gasteiger partial charge is 0.295 e. The fraction of sp³-hybridized carbons (Fsp3) is 0. The van der Waals surface area contributed by atoms with E-state index in [4.69, 9.17) is 0 Å². The highest BCUT2D eigenvalue weighted by atomic mass is 19.1. The summed E-state index contributed by atoms with van der Waals surface area (Å²) >= 11 is 0. The number of benzene rings is 1. The topological polar surface area (TPSA) is 84.7 Å². The van der Waals surface area contributed by atoms with E-state index < -0.39 is 5.76 Å². The third-order valence-corrected chi connectivity index (χ3v) is 2.46. The van der Waals surface area contributed by atoms with Crippen molar-refractivity contribution in [2.24, 2.45) is 0 Å². The van der Waals surface area contributed by atoms with Crippen molar-refractivity contribution >= 4 is 0 Å². The van der Waals surface area contributed by atoms with Gasteiger partial charge in [0.1, 0.15) is 5.82 Å². The Labute approximate surface area is 105 Å². The first kappa shape index (κ1) is 11.3. The lowest BCUT2D eigenvalue weighted by atomic mass is 10.1. The minimum Gasteiger partial charge on any atom is -0.295 e. The molecular weight excluding hydrogens is 251 g/mol. The van der Waals surface area contributed by atoms with Crippen LogP contribution in [0.15, 0.2) is 45.8 Å². The van der Waals surface area contributed by atoms with E-state index >= 15 is 0 Å². The molecule has 1 N–H and O–H groups in total. The van der Waals surface area contributed by atoms with Gasteiger partial charge in [0, 0.05) is 11.8 Å². The van der Waals surface area contributed by atoms with Crippen molar-refractivity contribution in [1.82, 2.24) is 20.1 Å². The van der Waals surface area contributed by atoms with Gasteiger partial charge in [-0.1, -0.05) is 17.3 Å². The zero-order chi connectivity index (χ0) is 13.2. The number of H-pyrrole nitrogens is 1. The van der Waals surface area contributed by atoms with Gasteiger partial charge in [0.15, 0.2) is 5.82 Å². The first-order valence-corrected chi connectivity index (χ1v) is 5.38. The molecule has 3 aromatic rings. The highest BCUT2D eigenvalue weighted by Crippen LogP contribution is 2.21. The third kappa shape index (κ3) is 2.13. The summed E-state index contributed by atoms with van der Waals surface area (Å²) in [5.41, 5.74) is 0.740. The minimum absolute atomic E-state index is 0.100. The van der Waals surface area contributed by atoms with E-state index in [1.54, 1.807) is 24.3 Å². The van der Waals surface area contributed by atoms with Crippen LogP contribution in [0.1, 0.15) is 0 Å². The lowest BCUT2D eigenvalue weighted by Crippen LogP contribution is -1.98. The summed E-state index contributed by atoms with van der Waals surface area (Å²) in [7, 11) is 0. The van der Waals surface area contributed by atoms with Gasteiger partial charge in [-0.3, -0.25) is 9.51 Å². The molecule has 0 aliphatic heterocycles. The second-order valence-electron chi connectivity index (χ2n) is 3.69. The van der Waals surface area contributed by atoms with Crippen molar-refractivity contribution in [2.75, 3.05) is 0 Å². The van der Waals surface area contributed by atoms with E-state index in [-0.39, 0.29) is 17.5 Å². The second-order valence-corrected chi connectivity index (χ2v) is 3.69. The largest absolute Gasteiger partial charge is 0.439 e. The number of nitrogens with zero attached hydrogens (tertiary/aromatic N) is 3. The Hall–Kier alpha value is -2.83.